The molecule has 8 heteroatoms. The van der Waals surface area contributed by atoms with Gasteiger partial charge < -0.3 is 19.7 Å². The summed E-state index contributed by atoms with van der Waals surface area (Å²) in [5.74, 6) is -2.28. The average Bonchev–Trinajstić information content (AvgIpc) is 3.66. The fraction of sp³-hybridized carbons (Fsp3) is 0.600. The molecule has 0 amide bonds. The Morgan fingerprint density at radius 2 is 1.95 bits per heavy atom. The van der Waals surface area contributed by atoms with Crippen LogP contribution in [0.4, 0.5) is 4.39 Å². The molecular weight excluding hydrogens is 511 g/mol. The van der Waals surface area contributed by atoms with Crippen molar-refractivity contribution in [1.82, 2.24) is 0 Å². The maximum atomic E-state index is 17.4. The number of epoxide rings is 1. The van der Waals surface area contributed by atoms with Crippen molar-refractivity contribution in [3.05, 3.63) is 59.7 Å². The number of ketones is 2. The summed E-state index contributed by atoms with van der Waals surface area (Å²) in [6.07, 6.45) is 3.08. The molecule has 0 spiro atoms. The number of halogens is 2. The molecule has 4 aliphatic carbocycles. The second kappa shape index (κ2) is 8.55. The molecule has 9 atom stereocenters. The number of rotatable bonds is 6. The molecule has 0 radical (unpaired) electrons. The molecular formula is C30H34ClFO6. The van der Waals surface area contributed by atoms with Crippen LogP contribution in [0.3, 0.4) is 0 Å². The number of carbonyl (C=O) groups is 2. The molecule has 6 nitrogen and oxygen atoms in total. The van der Waals surface area contributed by atoms with E-state index in [0.717, 1.165) is 5.56 Å². The van der Waals surface area contributed by atoms with E-state index in [9.17, 15) is 19.8 Å². The van der Waals surface area contributed by atoms with Crippen LogP contribution in [0.15, 0.2) is 54.1 Å². The van der Waals surface area contributed by atoms with Crippen LogP contribution >= 0.6 is 11.6 Å². The summed E-state index contributed by atoms with van der Waals surface area (Å²) in [6.45, 7) is 4.10. The van der Waals surface area contributed by atoms with Crippen LogP contribution in [0.5, 0.6) is 0 Å². The fourth-order valence-electron chi connectivity index (χ4n) is 8.39. The maximum absolute atomic E-state index is 17.4. The van der Waals surface area contributed by atoms with Gasteiger partial charge in [-0.1, -0.05) is 48.9 Å². The number of aliphatic hydroxyl groups is 2. The van der Waals surface area contributed by atoms with Crippen molar-refractivity contribution in [2.75, 3.05) is 19.1 Å². The van der Waals surface area contributed by atoms with Crippen molar-refractivity contribution in [2.24, 2.45) is 22.7 Å². The van der Waals surface area contributed by atoms with Gasteiger partial charge in [-0.05, 0) is 56.2 Å². The van der Waals surface area contributed by atoms with Gasteiger partial charge in [0.2, 0.25) is 0 Å². The van der Waals surface area contributed by atoms with Gasteiger partial charge in [0.25, 0.3) is 0 Å². The first-order valence-corrected chi connectivity index (χ1v) is 13.9. The Morgan fingerprint density at radius 3 is 2.61 bits per heavy atom. The van der Waals surface area contributed by atoms with Crippen molar-refractivity contribution in [2.45, 2.75) is 68.6 Å². The molecule has 0 bridgehead atoms. The molecule has 1 saturated heterocycles. The second-order valence-electron chi connectivity index (χ2n) is 12.3. The number of benzene rings is 1. The lowest BCUT2D eigenvalue weighted by Crippen LogP contribution is -2.69. The molecule has 3 saturated carbocycles. The quantitative estimate of drug-likeness (QED) is 0.417. The zero-order valence-corrected chi connectivity index (χ0v) is 22.4. The minimum Gasteiger partial charge on any atom is -0.390 e. The van der Waals surface area contributed by atoms with Gasteiger partial charge in [0.1, 0.15) is 5.60 Å². The number of aliphatic hydroxyl groups excluding tert-OH is 1. The zero-order chi connectivity index (χ0) is 27.1. The first-order valence-electron chi connectivity index (χ1n) is 13.4. The summed E-state index contributed by atoms with van der Waals surface area (Å²) in [7, 11) is 0. The van der Waals surface area contributed by atoms with Gasteiger partial charge in [-0.15, -0.1) is 11.6 Å². The van der Waals surface area contributed by atoms with Crippen molar-refractivity contribution in [3.8, 4) is 0 Å². The molecule has 6 rings (SSSR count). The van der Waals surface area contributed by atoms with Crippen molar-refractivity contribution in [1.29, 1.82) is 0 Å². The Labute approximate surface area is 226 Å². The number of Topliss-reactive ketones (excluding diaryl/α,β-unsaturated/α-hetero) is 1. The summed E-state index contributed by atoms with van der Waals surface area (Å²) >= 11 is 6.03. The number of allylic oxidation sites excluding steroid dienone is 4. The number of alkyl halides is 2. The molecule has 1 heterocycles. The number of hydrogen-bond acceptors (Lipinski definition) is 6. The van der Waals surface area contributed by atoms with Crippen LogP contribution in [0.25, 0.3) is 0 Å². The first-order chi connectivity index (χ1) is 18.0. The third-order valence-corrected chi connectivity index (χ3v) is 10.9. The van der Waals surface area contributed by atoms with E-state index < -0.39 is 63.4 Å². The predicted octanol–water partition coefficient (Wildman–Crippen LogP) is 3.82. The Kier molecular flexibility index (Phi) is 5.92. The highest BCUT2D eigenvalue weighted by Crippen LogP contribution is 2.70. The summed E-state index contributed by atoms with van der Waals surface area (Å²) in [5, 5.41) is 23.7. The van der Waals surface area contributed by atoms with Crippen molar-refractivity contribution in [3.63, 3.8) is 0 Å². The normalized spacial score (nSPS) is 47.1. The van der Waals surface area contributed by atoms with Crippen LogP contribution in [0.2, 0.25) is 0 Å². The zero-order valence-electron chi connectivity index (χ0n) is 21.7. The Bertz CT molecular complexity index is 1230. The number of fused-ring (bicyclic) bond motifs is 5. The lowest BCUT2D eigenvalue weighted by Gasteiger charge is -2.62. The largest absolute Gasteiger partial charge is 0.390 e. The minimum atomic E-state index is -2.07. The number of hydrogen-bond donors (Lipinski definition) is 2. The highest BCUT2D eigenvalue weighted by molar-refractivity contribution is 6.29. The SMILES string of the molecule is C[C@]12C=CC(=O)C=C1CC[C@H]1[C@@H]3CC(OCC4(c5ccccc5)CO4)[C@](O)(C(=O)CCl)[C@@]3(C)CC(O)[C@@]12F. The standard InChI is InChI=1S/C30H34ClFO6/c1-26-11-10-20(33)12-19(26)8-9-21-22-13-25(37-16-28(17-38-28)18-6-4-3-5-7-18)30(36,24(35)15-31)27(22,2)14-23(34)29(21,26)32/h3-7,10-12,21-23,25,34,36H,8-9,13-17H2,1-2H3/t21-,22-,23?,25?,26-,27-,28?,29-,30+/m0/s1. The van der Waals surface area contributed by atoms with E-state index in [1.807, 2.05) is 30.3 Å². The van der Waals surface area contributed by atoms with E-state index in [1.165, 1.54) is 12.2 Å². The fourth-order valence-corrected chi connectivity index (χ4v) is 8.59. The molecule has 204 valence electrons. The molecule has 1 aromatic carbocycles. The summed E-state index contributed by atoms with van der Waals surface area (Å²) in [5.41, 5.74) is -5.39. The molecule has 5 aliphatic rings. The van der Waals surface area contributed by atoms with Gasteiger partial charge in [0.05, 0.1) is 31.3 Å². The van der Waals surface area contributed by atoms with Crippen LogP contribution in [-0.4, -0.2) is 64.4 Å². The van der Waals surface area contributed by atoms with E-state index in [-0.39, 0.29) is 25.2 Å². The third-order valence-electron chi connectivity index (χ3n) is 10.7. The Morgan fingerprint density at radius 1 is 1.24 bits per heavy atom. The third kappa shape index (κ3) is 3.26. The monoisotopic (exact) mass is 544 g/mol. The van der Waals surface area contributed by atoms with Crippen LogP contribution in [0.1, 0.15) is 45.1 Å². The smallest absolute Gasteiger partial charge is 0.182 e. The minimum absolute atomic E-state index is 0.130. The van der Waals surface area contributed by atoms with Gasteiger partial charge in [-0.2, -0.15) is 0 Å². The van der Waals surface area contributed by atoms with Crippen LogP contribution < -0.4 is 0 Å². The lowest BCUT2D eigenvalue weighted by molar-refractivity contribution is -0.223. The van der Waals surface area contributed by atoms with Gasteiger partial charge in [-0.25, -0.2) is 4.39 Å². The van der Waals surface area contributed by atoms with Crippen molar-refractivity contribution < 1.29 is 33.7 Å². The van der Waals surface area contributed by atoms with E-state index >= 15 is 4.39 Å². The number of ether oxygens (including phenoxy) is 2. The highest BCUT2D eigenvalue weighted by Gasteiger charge is 2.76. The van der Waals surface area contributed by atoms with Gasteiger partial charge in [-0.3, -0.25) is 9.59 Å². The molecule has 0 aromatic heterocycles. The van der Waals surface area contributed by atoms with Crippen LogP contribution in [-0.2, 0) is 24.7 Å². The van der Waals surface area contributed by atoms with Gasteiger partial charge in [0.15, 0.2) is 22.8 Å². The van der Waals surface area contributed by atoms with Gasteiger partial charge >= 0.3 is 0 Å². The number of carbonyl (C=O) groups excluding carboxylic acids is 2. The second-order valence-corrected chi connectivity index (χ2v) is 12.5. The molecule has 2 N–H and O–H groups in total. The van der Waals surface area contributed by atoms with E-state index in [4.69, 9.17) is 21.1 Å². The molecule has 4 fully saturated rings. The average molecular weight is 545 g/mol. The maximum Gasteiger partial charge on any atom is 0.182 e. The molecule has 1 aromatic rings. The Balaban J connectivity index is 1.36. The Hall–Kier alpha value is -1.90. The summed E-state index contributed by atoms with van der Waals surface area (Å²) in [4.78, 5) is 25.4. The highest BCUT2D eigenvalue weighted by atomic mass is 35.5. The van der Waals surface area contributed by atoms with E-state index in [2.05, 4.69) is 0 Å². The van der Waals surface area contributed by atoms with Crippen molar-refractivity contribution >= 4 is 23.2 Å². The summed E-state index contributed by atoms with van der Waals surface area (Å²) in [6, 6.07) is 9.65. The lowest BCUT2D eigenvalue weighted by atomic mass is 9.44. The van der Waals surface area contributed by atoms with Crippen LogP contribution in [0, 0.1) is 22.7 Å². The summed E-state index contributed by atoms with van der Waals surface area (Å²) < 4.78 is 29.6. The molecule has 1 aliphatic heterocycles. The predicted molar refractivity (Wildman–Crippen MR) is 138 cm³/mol. The topological polar surface area (TPSA) is 96.4 Å². The first kappa shape index (κ1) is 26.3. The molecule has 38 heavy (non-hydrogen) atoms. The van der Waals surface area contributed by atoms with Gasteiger partial charge in [0, 0.05) is 16.7 Å². The van der Waals surface area contributed by atoms with E-state index in [1.54, 1.807) is 19.9 Å². The van der Waals surface area contributed by atoms with E-state index in [0.29, 0.717) is 25.0 Å². The molecule has 3 unspecified atom stereocenters.